The van der Waals surface area contributed by atoms with Crippen molar-refractivity contribution in [3.63, 3.8) is 0 Å². The van der Waals surface area contributed by atoms with Crippen molar-refractivity contribution in [2.75, 3.05) is 18.0 Å². The molecule has 86 valence electrons. The van der Waals surface area contributed by atoms with E-state index in [1.807, 2.05) is 0 Å². The highest BCUT2D eigenvalue weighted by Crippen LogP contribution is 2.27. The number of nitrogen functional groups attached to an aromatic ring is 1. The van der Waals surface area contributed by atoms with Crippen LogP contribution in [-0.2, 0) is 0 Å². The lowest BCUT2D eigenvalue weighted by molar-refractivity contribution is 0.627. The van der Waals surface area contributed by atoms with Gasteiger partial charge in [-0.3, -0.25) is 5.41 Å². The fourth-order valence-electron chi connectivity index (χ4n) is 2.15. The fourth-order valence-corrected chi connectivity index (χ4v) is 2.15. The number of hydrogen-bond acceptors (Lipinski definition) is 2. The predicted molar refractivity (Wildman–Crippen MR) is 63.4 cm³/mol. The first-order valence-corrected chi connectivity index (χ1v) is 5.47. The molecule has 1 unspecified atom stereocenters. The average molecular weight is 221 g/mol. The van der Waals surface area contributed by atoms with Crippen LogP contribution >= 0.6 is 0 Å². The summed E-state index contributed by atoms with van der Waals surface area (Å²) < 4.78 is 13.1. The number of nitrogens with zero attached hydrogens (tertiary/aromatic N) is 1. The van der Waals surface area contributed by atoms with Gasteiger partial charge in [0, 0.05) is 24.3 Å². The minimum Gasteiger partial charge on any atom is -0.384 e. The quantitative estimate of drug-likeness (QED) is 0.592. The zero-order valence-electron chi connectivity index (χ0n) is 9.33. The number of anilines is 1. The number of rotatable bonds is 2. The molecule has 16 heavy (non-hydrogen) atoms. The Labute approximate surface area is 94.6 Å². The van der Waals surface area contributed by atoms with E-state index < -0.39 is 0 Å². The molecular weight excluding hydrogens is 205 g/mol. The van der Waals surface area contributed by atoms with Gasteiger partial charge < -0.3 is 10.6 Å². The number of nitrogens with one attached hydrogen (secondary N) is 1. The van der Waals surface area contributed by atoms with E-state index in [4.69, 9.17) is 11.1 Å². The molecule has 4 heteroatoms. The zero-order chi connectivity index (χ0) is 11.7. The third-order valence-electron chi connectivity index (χ3n) is 3.01. The monoisotopic (exact) mass is 221 g/mol. The van der Waals surface area contributed by atoms with Crippen LogP contribution in [0.1, 0.15) is 18.9 Å². The van der Waals surface area contributed by atoms with Crippen molar-refractivity contribution in [3.8, 4) is 0 Å². The molecule has 1 aromatic carbocycles. The Hall–Kier alpha value is -1.58. The van der Waals surface area contributed by atoms with Crippen molar-refractivity contribution < 1.29 is 4.39 Å². The molecule has 1 fully saturated rings. The van der Waals surface area contributed by atoms with Crippen LogP contribution in [0, 0.1) is 17.1 Å². The summed E-state index contributed by atoms with van der Waals surface area (Å²) in [5, 5.41) is 7.47. The highest BCUT2D eigenvalue weighted by molar-refractivity contribution is 6.00. The third kappa shape index (κ3) is 2.01. The number of amidine groups is 1. The van der Waals surface area contributed by atoms with E-state index in [2.05, 4.69) is 11.8 Å². The van der Waals surface area contributed by atoms with Crippen molar-refractivity contribution in [2.45, 2.75) is 13.3 Å². The van der Waals surface area contributed by atoms with Crippen LogP contribution in [-0.4, -0.2) is 18.9 Å². The second kappa shape index (κ2) is 4.12. The normalized spacial score (nSPS) is 20.1. The molecule has 1 aliphatic heterocycles. The fraction of sp³-hybridized carbons (Fsp3) is 0.417. The van der Waals surface area contributed by atoms with Gasteiger partial charge in [-0.15, -0.1) is 0 Å². The molecule has 2 rings (SSSR count). The van der Waals surface area contributed by atoms with Gasteiger partial charge in [-0.05, 0) is 30.5 Å². The minimum absolute atomic E-state index is 0.0750. The molecule has 3 N–H and O–H groups in total. The molecule has 1 heterocycles. The second-order valence-corrected chi connectivity index (χ2v) is 4.42. The van der Waals surface area contributed by atoms with Crippen molar-refractivity contribution in [3.05, 3.63) is 29.6 Å². The summed E-state index contributed by atoms with van der Waals surface area (Å²) in [6, 6.07) is 4.47. The van der Waals surface area contributed by atoms with E-state index in [0.717, 1.165) is 25.2 Å². The van der Waals surface area contributed by atoms with Gasteiger partial charge in [-0.25, -0.2) is 4.39 Å². The van der Waals surface area contributed by atoms with Crippen LogP contribution in [0.15, 0.2) is 18.2 Å². The Morgan fingerprint density at radius 3 is 2.88 bits per heavy atom. The van der Waals surface area contributed by atoms with E-state index in [9.17, 15) is 4.39 Å². The van der Waals surface area contributed by atoms with Gasteiger partial charge in [-0.2, -0.15) is 0 Å². The van der Waals surface area contributed by atoms with Crippen LogP contribution in [0.2, 0.25) is 0 Å². The van der Waals surface area contributed by atoms with E-state index in [0.29, 0.717) is 11.5 Å². The number of hydrogen-bond donors (Lipinski definition) is 2. The first-order valence-electron chi connectivity index (χ1n) is 5.47. The lowest BCUT2D eigenvalue weighted by Crippen LogP contribution is -2.24. The summed E-state index contributed by atoms with van der Waals surface area (Å²) in [4.78, 5) is 2.17. The van der Waals surface area contributed by atoms with Gasteiger partial charge in [0.15, 0.2) is 0 Å². The van der Waals surface area contributed by atoms with Gasteiger partial charge in [-0.1, -0.05) is 6.92 Å². The summed E-state index contributed by atoms with van der Waals surface area (Å²) in [5.74, 6) is 0.222. The number of nitrogens with two attached hydrogens (primary N) is 1. The van der Waals surface area contributed by atoms with Crippen molar-refractivity contribution in [2.24, 2.45) is 11.7 Å². The minimum atomic E-state index is -0.346. The molecule has 0 bridgehead atoms. The lowest BCUT2D eigenvalue weighted by atomic mass is 10.1. The maximum Gasteiger partial charge on any atom is 0.125 e. The molecule has 1 atom stereocenters. The van der Waals surface area contributed by atoms with Crippen molar-refractivity contribution in [1.82, 2.24) is 0 Å². The molecule has 1 aliphatic rings. The van der Waals surface area contributed by atoms with Gasteiger partial charge in [0.1, 0.15) is 11.7 Å². The van der Waals surface area contributed by atoms with Crippen LogP contribution in [0.4, 0.5) is 10.1 Å². The zero-order valence-corrected chi connectivity index (χ0v) is 9.33. The van der Waals surface area contributed by atoms with Crippen molar-refractivity contribution >= 4 is 11.5 Å². The lowest BCUT2D eigenvalue weighted by Gasteiger charge is -2.21. The highest BCUT2D eigenvalue weighted by atomic mass is 19.1. The van der Waals surface area contributed by atoms with Gasteiger partial charge in [0.2, 0.25) is 0 Å². The summed E-state index contributed by atoms with van der Waals surface area (Å²) in [7, 11) is 0. The summed E-state index contributed by atoms with van der Waals surface area (Å²) in [6.07, 6.45) is 1.13. The summed E-state index contributed by atoms with van der Waals surface area (Å²) >= 11 is 0. The summed E-state index contributed by atoms with van der Waals surface area (Å²) in [6.45, 7) is 4.09. The Kier molecular flexibility index (Phi) is 2.81. The van der Waals surface area contributed by atoms with Crippen LogP contribution < -0.4 is 10.6 Å². The molecule has 0 spiro atoms. The van der Waals surface area contributed by atoms with E-state index in [-0.39, 0.29) is 11.7 Å². The van der Waals surface area contributed by atoms with Crippen LogP contribution in [0.25, 0.3) is 0 Å². The standard InChI is InChI=1S/C12H16FN3/c1-8-4-5-16(7-8)11-3-2-9(13)6-10(11)12(14)15/h2-3,6,8H,4-5,7H2,1H3,(H3,14,15). The first kappa shape index (κ1) is 10.9. The van der Waals surface area contributed by atoms with E-state index in [1.165, 1.54) is 12.1 Å². The Morgan fingerprint density at radius 1 is 1.56 bits per heavy atom. The van der Waals surface area contributed by atoms with Gasteiger partial charge in [0.25, 0.3) is 0 Å². The second-order valence-electron chi connectivity index (χ2n) is 4.42. The molecule has 0 radical (unpaired) electrons. The Bertz CT molecular complexity index is 417. The smallest absolute Gasteiger partial charge is 0.125 e. The van der Waals surface area contributed by atoms with E-state index >= 15 is 0 Å². The summed E-state index contributed by atoms with van der Waals surface area (Å²) in [5.41, 5.74) is 6.84. The topological polar surface area (TPSA) is 53.1 Å². The number of halogens is 1. The molecule has 1 aromatic rings. The Balaban J connectivity index is 2.36. The maximum atomic E-state index is 13.1. The average Bonchev–Trinajstić information content (AvgIpc) is 2.64. The third-order valence-corrected chi connectivity index (χ3v) is 3.01. The first-order chi connectivity index (χ1) is 7.58. The molecule has 0 saturated carbocycles. The van der Waals surface area contributed by atoms with Crippen LogP contribution in [0.3, 0.4) is 0 Å². The molecular formula is C12H16FN3. The van der Waals surface area contributed by atoms with Gasteiger partial charge >= 0.3 is 0 Å². The Morgan fingerprint density at radius 2 is 2.31 bits per heavy atom. The highest BCUT2D eigenvalue weighted by Gasteiger charge is 2.21. The molecule has 1 saturated heterocycles. The number of benzene rings is 1. The molecule has 3 nitrogen and oxygen atoms in total. The molecule has 0 aliphatic carbocycles. The molecule has 0 aromatic heterocycles. The van der Waals surface area contributed by atoms with Crippen LogP contribution in [0.5, 0.6) is 0 Å². The van der Waals surface area contributed by atoms with E-state index in [1.54, 1.807) is 6.07 Å². The van der Waals surface area contributed by atoms with Crippen molar-refractivity contribution in [1.29, 1.82) is 5.41 Å². The predicted octanol–water partition coefficient (Wildman–Crippen LogP) is 1.96. The molecule has 0 amide bonds. The SMILES string of the molecule is CC1CCN(c2ccc(F)cc2C(=N)N)C1. The largest absolute Gasteiger partial charge is 0.384 e. The van der Waals surface area contributed by atoms with Gasteiger partial charge in [0.05, 0.1) is 0 Å². The maximum absolute atomic E-state index is 13.1.